The van der Waals surface area contributed by atoms with E-state index in [-0.39, 0.29) is 12.1 Å². The Balaban J connectivity index is 1.42. The quantitative estimate of drug-likeness (QED) is 0.472. The smallest absolute Gasteiger partial charge is 0.307 e. The van der Waals surface area contributed by atoms with Crippen LogP contribution in [0.15, 0.2) is 47.4 Å². The van der Waals surface area contributed by atoms with Crippen LogP contribution in [0.2, 0.25) is 5.02 Å². The number of fused-ring (bicyclic) bond motifs is 1. The average Bonchev–Trinajstić information content (AvgIpc) is 3.12. The number of carbonyl (C=O) groups is 1. The number of anilines is 4. The number of aromatic nitrogens is 2. The van der Waals surface area contributed by atoms with Gasteiger partial charge in [-0.2, -0.15) is 4.98 Å². The van der Waals surface area contributed by atoms with Crippen molar-refractivity contribution in [1.82, 2.24) is 9.97 Å². The molecule has 0 unspecified atom stereocenters. The highest BCUT2D eigenvalue weighted by Gasteiger charge is 2.27. The molecule has 1 atom stereocenters. The molecular weight excluding hydrogens is 517 g/mol. The molecule has 0 amide bonds. The molecule has 3 aromatic rings. The summed E-state index contributed by atoms with van der Waals surface area (Å²) in [6.45, 7) is 3.11. The van der Waals surface area contributed by atoms with Crippen LogP contribution < -0.4 is 15.1 Å². The summed E-state index contributed by atoms with van der Waals surface area (Å²) >= 11 is 6.05. The standard InChI is InChI=1S/C26H27ClFN5O3S/c27-18-5-7-19(8-6-18)32-10-2-11-33(13-12-32)26-30-22-3-1-14-37(36)24(22)25(31-26)29-21-9-4-17(15-20(21)28)16-23(34)35/h4-9,15H,1-3,10-14,16H2,(H,34,35)(H,29,30,31)/t37-/m1/s1. The fourth-order valence-corrected chi connectivity index (χ4v) is 6.15. The van der Waals surface area contributed by atoms with Gasteiger partial charge in [-0.1, -0.05) is 17.7 Å². The van der Waals surface area contributed by atoms with E-state index in [0.29, 0.717) is 46.0 Å². The van der Waals surface area contributed by atoms with Crippen LogP contribution in [0.3, 0.4) is 0 Å². The van der Waals surface area contributed by atoms with E-state index in [4.69, 9.17) is 26.7 Å². The van der Waals surface area contributed by atoms with Gasteiger partial charge in [-0.3, -0.25) is 9.00 Å². The lowest BCUT2D eigenvalue weighted by molar-refractivity contribution is -0.136. The average molecular weight is 544 g/mol. The number of nitrogens with one attached hydrogen (secondary N) is 1. The van der Waals surface area contributed by atoms with Crippen LogP contribution in [0.25, 0.3) is 0 Å². The summed E-state index contributed by atoms with van der Waals surface area (Å²) in [6.07, 6.45) is 2.07. The number of aliphatic carboxylic acids is 1. The van der Waals surface area contributed by atoms with Gasteiger partial charge in [0.1, 0.15) is 10.7 Å². The Morgan fingerprint density at radius 2 is 1.81 bits per heavy atom. The third-order valence-electron chi connectivity index (χ3n) is 6.51. The Hall–Kier alpha value is -3.24. The summed E-state index contributed by atoms with van der Waals surface area (Å²) in [5.74, 6) is -0.257. The zero-order valence-electron chi connectivity index (χ0n) is 20.1. The molecule has 194 valence electrons. The zero-order valence-corrected chi connectivity index (χ0v) is 21.7. The number of hydrogen-bond donors (Lipinski definition) is 2. The van der Waals surface area contributed by atoms with Crippen molar-refractivity contribution in [3.8, 4) is 0 Å². The van der Waals surface area contributed by atoms with Crippen LogP contribution in [0, 0.1) is 5.82 Å². The van der Waals surface area contributed by atoms with Crippen molar-refractivity contribution in [2.24, 2.45) is 0 Å². The highest BCUT2D eigenvalue weighted by molar-refractivity contribution is 7.85. The summed E-state index contributed by atoms with van der Waals surface area (Å²) < 4.78 is 27.8. The zero-order chi connectivity index (χ0) is 25.9. The van der Waals surface area contributed by atoms with Gasteiger partial charge >= 0.3 is 5.97 Å². The number of carboxylic acids is 1. The highest BCUT2D eigenvalue weighted by Crippen LogP contribution is 2.32. The van der Waals surface area contributed by atoms with Crippen LogP contribution in [0.1, 0.15) is 24.1 Å². The number of nitrogens with zero attached hydrogens (tertiary/aromatic N) is 4. The maximum absolute atomic E-state index is 14.9. The van der Waals surface area contributed by atoms with E-state index in [9.17, 15) is 13.4 Å². The van der Waals surface area contributed by atoms with Gasteiger partial charge in [-0.25, -0.2) is 9.37 Å². The van der Waals surface area contributed by atoms with Gasteiger partial charge in [0.15, 0.2) is 5.82 Å². The number of halogens is 2. The summed E-state index contributed by atoms with van der Waals surface area (Å²) in [5, 5.41) is 12.7. The molecule has 2 aliphatic rings. The van der Waals surface area contributed by atoms with Gasteiger partial charge in [0.2, 0.25) is 5.95 Å². The molecule has 11 heteroatoms. The van der Waals surface area contributed by atoms with Crippen LogP contribution >= 0.6 is 11.6 Å². The molecule has 0 aliphatic carbocycles. The predicted octanol–water partition coefficient (Wildman–Crippen LogP) is 4.41. The lowest BCUT2D eigenvalue weighted by Crippen LogP contribution is -2.32. The summed E-state index contributed by atoms with van der Waals surface area (Å²) in [6, 6.07) is 12.0. The molecule has 5 rings (SSSR count). The second-order valence-corrected chi connectivity index (χ2v) is 11.1. The van der Waals surface area contributed by atoms with E-state index < -0.39 is 22.6 Å². The SMILES string of the molecule is O=C(O)Cc1ccc(Nc2nc(N3CCCN(c4ccc(Cl)cc4)CC3)nc3c2[S@](=O)CCC3)c(F)c1. The van der Waals surface area contributed by atoms with E-state index in [2.05, 4.69) is 15.1 Å². The van der Waals surface area contributed by atoms with Crippen LogP contribution in [0.4, 0.5) is 27.5 Å². The molecule has 0 saturated carbocycles. The molecular formula is C26H27ClFN5O3S. The van der Waals surface area contributed by atoms with E-state index in [0.717, 1.165) is 43.9 Å². The maximum Gasteiger partial charge on any atom is 0.307 e. The minimum atomic E-state index is -1.29. The van der Waals surface area contributed by atoms with Gasteiger partial charge < -0.3 is 20.2 Å². The second kappa shape index (κ2) is 11.0. The first-order valence-corrected chi connectivity index (χ1v) is 13.9. The molecule has 1 saturated heterocycles. The molecule has 0 radical (unpaired) electrons. The minimum absolute atomic E-state index is 0.147. The topological polar surface area (TPSA) is 98.7 Å². The van der Waals surface area contributed by atoms with Crippen molar-refractivity contribution in [3.63, 3.8) is 0 Å². The van der Waals surface area contributed by atoms with Crippen molar-refractivity contribution < 1.29 is 18.5 Å². The Labute approximate surface area is 221 Å². The third-order valence-corrected chi connectivity index (χ3v) is 8.30. The molecule has 37 heavy (non-hydrogen) atoms. The largest absolute Gasteiger partial charge is 0.481 e. The first kappa shape index (κ1) is 25.4. The number of benzene rings is 2. The summed E-state index contributed by atoms with van der Waals surface area (Å²) in [5.41, 5.74) is 2.34. The van der Waals surface area contributed by atoms with E-state index in [1.54, 1.807) is 6.07 Å². The van der Waals surface area contributed by atoms with Crippen molar-refractivity contribution in [2.45, 2.75) is 30.6 Å². The fraction of sp³-hybridized carbons (Fsp3) is 0.346. The molecule has 0 bridgehead atoms. The number of hydrogen-bond acceptors (Lipinski definition) is 7. The van der Waals surface area contributed by atoms with E-state index in [1.165, 1.54) is 12.1 Å². The molecule has 2 N–H and O–H groups in total. The number of carboxylic acid groups (broad SMARTS) is 1. The maximum atomic E-state index is 14.9. The van der Waals surface area contributed by atoms with Crippen molar-refractivity contribution >= 4 is 51.5 Å². The van der Waals surface area contributed by atoms with E-state index in [1.807, 2.05) is 24.3 Å². The third kappa shape index (κ3) is 5.86. The van der Waals surface area contributed by atoms with Crippen LogP contribution in [0.5, 0.6) is 0 Å². The second-order valence-electron chi connectivity index (χ2n) is 9.12. The summed E-state index contributed by atoms with van der Waals surface area (Å²) in [7, 11) is -1.29. The minimum Gasteiger partial charge on any atom is -0.481 e. The molecule has 1 fully saturated rings. The first-order valence-electron chi connectivity index (χ1n) is 12.2. The van der Waals surface area contributed by atoms with Gasteiger partial charge in [0.05, 0.1) is 28.6 Å². The van der Waals surface area contributed by atoms with Gasteiger partial charge in [0.25, 0.3) is 0 Å². The highest BCUT2D eigenvalue weighted by atomic mass is 35.5. The number of rotatable bonds is 6. The van der Waals surface area contributed by atoms with Gasteiger partial charge in [0, 0.05) is 42.6 Å². The Bertz CT molecular complexity index is 1340. The van der Waals surface area contributed by atoms with Crippen molar-refractivity contribution in [3.05, 3.63) is 64.6 Å². The summed E-state index contributed by atoms with van der Waals surface area (Å²) in [4.78, 5) is 25.4. The molecule has 8 nitrogen and oxygen atoms in total. The van der Waals surface area contributed by atoms with Crippen molar-refractivity contribution in [1.29, 1.82) is 0 Å². The molecule has 3 heterocycles. The molecule has 1 aromatic heterocycles. The molecule has 2 aliphatic heterocycles. The lowest BCUT2D eigenvalue weighted by atomic mass is 10.1. The molecule has 0 spiro atoms. The van der Waals surface area contributed by atoms with Gasteiger partial charge in [-0.05, 0) is 61.2 Å². The normalized spacial score (nSPS) is 17.7. The fourth-order valence-electron chi connectivity index (χ4n) is 4.69. The van der Waals surface area contributed by atoms with Crippen molar-refractivity contribution in [2.75, 3.05) is 47.0 Å². The van der Waals surface area contributed by atoms with E-state index >= 15 is 0 Å². The molecule has 2 aromatic carbocycles. The number of aryl methyl sites for hydroxylation is 1. The monoisotopic (exact) mass is 543 g/mol. The first-order chi connectivity index (χ1) is 17.9. The Kier molecular flexibility index (Phi) is 7.57. The Morgan fingerprint density at radius 3 is 2.57 bits per heavy atom. The van der Waals surface area contributed by atoms with Crippen LogP contribution in [-0.2, 0) is 28.4 Å². The van der Waals surface area contributed by atoms with Gasteiger partial charge in [-0.15, -0.1) is 0 Å². The Morgan fingerprint density at radius 1 is 1.05 bits per heavy atom. The lowest BCUT2D eigenvalue weighted by Gasteiger charge is -2.26. The predicted molar refractivity (Wildman–Crippen MR) is 143 cm³/mol. The van der Waals surface area contributed by atoms with Crippen LogP contribution in [-0.4, -0.2) is 57.2 Å².